The van der Waals surface area contributed by atoms with E-state index in [0.717, 1.165) is 64.2 Å². The molecule has 1 saturated heterocycles. The van der Waals surface area contributed by atoms with E-state index in [1.165, 1.54) is 0 Å². The number of guanidine groups is 1. The lowest BCUT2D eigenvalue weighted by molar-refractivity contribution is -0.143. The molecule has 1 atom stereocenters. The van der Waals surface area contributed by atoms with E-state index >= 15 is 0 Å². The van der Waals surface area contributed by atoms with Crippen LogP contribution in [-0.4, -0.2) is 67.4 Å². The van der Waals surface area contributed by atoms with Gasteiger partial charge in [0.1, 0.15) is 5.60 Å². The average molecular weight is 413 g/mol. The number of carbonyl (C=O) groups excluding carboxylic acids is 2. The number of carbonyl (C=O) groups is 2. The standard InChI is InChI=1S/C21H40N4O4/c1-6-22-19(23-14-11-9-8-10-12-18(26)28-7-2)25-15-13-17(16-25)24-20(27)29-21(3,4)5/h17H,6-16H2,1-5H3,(H,22,23)(H,24,27). The molecule has 0 radical (unpaired) electrons. The summed E-state index contributed by atoms with van der Waals surface area (Å²) < 4.78 is 10.3. The van der Waals surface area contributed by atoms with Crippen molar-refractivity contribution < 1.29 is 19.1 Å². The number of ether oxygens (including phenoxy) is 2. The van der Waals surface area contributed by atoms with E-state index in [1.54, 1.807) is 0 Å². The highest BCUT2D eigenvalue weighted by Crippen LogP contribution is 2.12. The predicted molar refractivity (Wildman–Crippen MR) is 115 cm³/mol. The van der Waals surface area contributed by atoms with Crippen LogP contribution in [0, 0.1) is 0 Å². The highest BCUT2D eigenvalue weighted by molar-refractivity contribution is 5.80. The van der Waals surface area contributed by atoms with Crippen LogP contribution in [0.25, 0.3) is 0 Å². The lowest BCUT2D eigenvalue weighted by atomic mass is 10.1. The van der Waals surface area contributed by atoms with Gasteiger partial charge in [-0.1, -0.05) is 12.8 Å². The second-order valence-corrected chi connectivity index (χ2v) is 8.28. The van der Waals surface area contributed by atoms with Crippen molar-refractivity contribution in [2.45, 2.75) is 84.8 Å². The molecule has 0 aromatic rings. The molecule has 1 amide bonds. The molecule has 0 aliphatic carbocycles. The van der Waals surface area contributed by atoms with Gasteiger partial charge in [-0.25, -0.2) is 4.79 Å². The highest BCUT2D eigenvalue weighted by atomic mass is 16.6. The Labute approximate surface area is 175 Å². The molecular weight excluding hydrogens is 372 g/mol. The van der Waals surface area contributed by atoms with Gasteiger partial charge < -0.3 is 25.0 Å². The fourth-order valence-corrected chi connectivity index (χ4v) is 3.12. The van der Waals surface area contributed by atoms with Gasteiger partial charge in [0.15, 0.2) is 5.96 Å². The van der Waals surface area contributed by atoms with Crippen LogP contribution in [0.1, 0.15) is 73.1 Å². The minimum Gasteiger partial charge on any atom is -0.466 e. The third-order valence-corrected chi connectivity index (χ3v) is 4.40. The quantitative estimate of drug-likeness (QED) is 0.248. The van der Waals surface area contributed by atoms with Gasteiger partial charge >= 0.3 is 12.1 Å². The molecule has 1 rings (SSSR count). The van der Waals surface area contributed by atoms with Gasteiger partial charge in [-0.2, -0.15) is 0 Å². The van der Waals surface area contributed by atoms with Gasteiger partial charge in [-0.05, 0) is 53.9 Å². The molecular formula is C21H40N4O4. The zero-order valence-electron chi connectivity index (χ0n) is 18.9. The van der Waals surface area contributed by atoms with E-state index in [4.69, 9.17) is 14.5 Å². The fourth-order valence-electron chi connectivity index (χ4n) is 3.12. The van der Waals surface area contributed by atoms with Crippen molar-refractivity contribution >= 4 is 18.0 Å². The molecule has 0 aromatic heterocycles. The molecule has 1 heterocycles. The van der Waals surface area contributed by atoms with Crippen LogP contribution in [0.4, 0.5) is 4.79 Å². The van der Waals surface area contributed by atoms with Crippen LogP contribution in [0.2, 0.25) is 0 Å². The number of likely N-dealkylation sites (tertiary alicyclic amines) is 1. The van der Waals surface area contributed by atoms with E-state index in [2.05, 4.69) is 22.5 Å². The Morgan fingerprint density at radius 1 is 1.14 bits per heavy atom. The molecule has 0 bridgehead atoms. The van der Waals surface area contributed by atoms with Gasteiger partial charge in [0.2, 0.25) is 0 Å². The highest BCUT2D eigenvalue weighted by Gasteiger charge is 2.27. The number of alkyl carbamates (subject to hydrolysis) is 1. The second kappa shape index (κ2) is 13.3. The van der Waals surface area contributed by atoms with Gasteiger partial charge in [-0.15, -0.1) is 0 Å². The summed E-state index contributed by atoms with van der Waals surface area (Å²) in [6.07, 6.45) is 4.92. The monoisotopic (exact) mass is 412 g/mol. The second-order valence-electron chi connectivity index (χ2n) is 8.28. The van der Waals surface area contributed by atoms with Crippen LogP contribution >= 0.6 is 0 Å². The molecule has 2 N–H and O–H groups in total. The summed E-state index contributed by atoms with van der Waals surface area (Å²) >= 11 is 0. The maximum Gasteiger partial charge on any atom is 0.407 e. The number of hydrogen-bond donors (Lipinski definition) is 2. The van der Waals surface area contributed by atoms with Gasteiger partial charge in [0, 0.05) is 32.6 Å². The van der Waals surface area contributed by atoms with Gasteiger partial charge in [-0.3, -0.25) is 9.79 Å². The van der Waals surface area contributed by atoms with Crippen LogP contribution in [0.3, 0.4) is 0 Å². The number of hydrogen-bond acceptors (Lipinski definition) is 5. The van der Waals surface area contributed by atoms with Crippen molar-refractivity contribution in [2.24, 2.45) is 4.99 Å². The molecule has 0 aromatic carbocycles. The Hall–Kier alpha value is -1.99. The SMILES string of the molecule is CCNC(=NCCCCCCC(=O)OCC)N1CCC(NC(=O)OC(C)(C)C)C1. The van der Waals surface area contributed by atoms with E-state index in [0.29, 0.717) is 13.0 Å². The topological polar surface area (TPSA) is 92.3 Å². The first kappa shape index (κ1) is 25.0. The Kier molecular flexibility index (Phi) is 11.5. The minimum atomic E-state index is -0.491. The molecule has 1 aliphatic heterocycles. The Bertz CT molecular complexity index is 531. The van der Waals surface area contributed by atoms with E-state index in [9.17, 15) is 9.59 Å². The first-order chi connectivity index (χ1) is 13.7. The summed E-state index contributed by atoms with van der Waals surface area (Å²) in [5, 5.41) is 6.29. The van der Waals surface area contributed by atoms with Crippen LogP contribution in [0.5, 0.6) is 0 Å². The van der Waals surface area contributed by atoms with Gasteiger partial charge in [0.05, 0.1) is 12.6 Å². The average Bonchev–Trinajstić information content (AvgIpc) is 3.06. The summed E-state index contributed by atoms with van der Waals surface area (Å²) in [4.78, 5) is 30.2. The summed E-state index contributed by atoms with van der Waals surface area (Å²) in [6.45, 7) is 13.1. The zero-order valence-corrected chi connectivity index (χ0v) is 18.9. The van der Waals surface area contributed by atoms with Crippen molar-refractivity contribution in [3.05, 3.63) is 0 Å². The summed E-state index contributed by atoms with van der Waals surface area (Å²) in [5.41, 5.74) is -0.491. The maximum absolute atomic E-state index is 12.0. The Balaban J connectivity index is 2.33. The summed E-state index contributed by atoms with van der Waals surface area (Å²) in [5.74, 6) is 0.788. The first-order valence-corrected chi connectivity index (χ1v) is 10.9. The first-order valence-electron chi connectivity index (χ1n) is 10.9. The Morgan fingerprint density at radius 2 is 1.86 bits per heavy atom. The van der Waals surface area contributed by atoms with Crippen molar-refractivity contribution in [1.82, 2.24) is 15.5 Å². The summed E-state index contributed by atoms with van der Waals surface area (Å²) in [6, 6.07) is 0.0663. The number of nitrogens with zero attached hydrogens (tertiary/aromatic N) is 2. The molecule has 0 saturated carbocycles. The molecule has 29 heavy (non-hydrogen) atoms. The lowest BCUT2D eigenvalue weighted by Crippen LogP contribution is -2.44. The predicted octanol–water partition coefficient (Wildman–Crippen LogP) is 3.06. The van der Waals surface area contributed by atoms with Crippen molar-refractivity contribution in [3.8, 4) is 0 Å². The maximum atomic E-state index is 12.0. The number of amides is 1. The molecule has 1 aliphatic rings. The number of aliphatic imine (C=N–C) groups is 1. The van der Waals surface area contributed by atoms with E-state index in [-0.39, 0.29) is 18.1 Å². The van der Waals surface area contributed by atoms with Crippen LogP contribution < -0.4 is 10.6 Å². The smallest absolute Gasteiger partial charge is 0.407 e. The van der Waals surface area contributed by atoms with Gasteiger partial charge in [0.25, 0.3) is 0 Å². The number of unbranched alkanes of at least 4 members (excludes halogenated alkanes) is 3. The fraction of sp³-hybridized carbons (Fsp3) is 0.857. The third-order valence-electron chi connectivity index (χ3n) is 4.40. The third kappa shape index (κ3) is 11.6. The number of nitrogens with one attached hydrogen (secondary N) is 2. The molecule has 168 valence electrons. The molecule has 0 spiro atoms. The van der Waals surface area contributed by atoms with E-state index in [1.807, 2.05) is 27.7 Å². The van der Waals surface area contributed by atoms with Crippen LogP contribution in [0.15, 0.2) is 4.99 Å². The van der Waals surface area contributed by atoms with Crippen molar-refractivity contribution in [3.63, 3.8) is 0 Å². The minimum absolute atomic E-state index is 0.0663. The molecule has 8 heteroatoms. The Morgan fingerprint density at radius 3 is 2.52 bits per heavy atom. The zero-order chi connectivity index (χ0) is 21.7. The number of rotatable bonds is 10. The molecule has 1 fully saturated rings. The van der Waals surface area contributed by atoms with E-state index < -0.39 is 5.60 Å². The van der Waals surface area contributed by atoms with Crippen molar-refractivity contribution in [1.29, 1.82) is 0 Å². The normalized spacial score (nSPS) is 17.2. The summed E-state index contributed by atoms with van der Waals surface area (Å²) in [7, 11) is 0. The molecule has 8 nitrogen and oxygen atoms in total. The van der Waals surface area contributed by atoms with Crippen molar-refractivity contribution in [2.75, 3.05) is 32.8 Å². The largest absolute Gasteiger partial charge is 0.466 e. The molecule has 1 unspecified atom stereocenters. The lowest BCUT2D eigenvalue weighted by Gasteiger charge is -2.23. The number of esters is 1. The van der Waals surface area contributed by atoms with Crippen LogP contribution in [-0.2, 0) is 14.3 Å².